The van der Waals surface area contributed by atoms with Crippen molar-refractivity contribution in [3.8, 4) is 11.5 Å². The van der Waals surface area contributed by atoms with Crippen LogP contribution in [0.4, 0.5) is 0 Å². The van der Waals surface area contributed by atoms with Crippen LogP contribution >= 0.6 is 0 Å². The number of carbonyl (C=O) groups is 1. The van der Waals surface area contributed by atoms with Crippen molar-refractivity contribution < 1.29 is 22.7 Å². The molecule has 0 bridgehead atoms. The van der Waals surface area contributed by atoms with Crippen molar-refractivity contribution in [1.29, 1.82) is 0 Å². The van der Waals surface area contributed by atoms with Gasteiger partial charge < -0.3 is 9.47 Å². The molecule has 7 heteroatoms. The van der Waals surface area contributed by atoms with Crippen LogP contribution in [0.25, 0.3) is 6.08 Å². The molecule has 1 aliphatic heterocycles. The van der Waals surface area contributed by atoms with Crippen molar-refractivity contribution >= 4 is 21.9 Å². The fraction of sp³-hybridized carbons (Fsp3) is 0.286. The highest BCUT2D eigenvalue weighted by molar-refractivity contribution is 7.89. The summed E-state index contributed by atoms with van der Waals surface area (Å²) in [5, 5.41) is 0. The van der Waals surface area contributed by atoms with Crippen LogP contribution in [0.5, 0.6) is 11.5 Å². The summed E-state index contributed by atoms with van der Waals surface area (Å²) in [5.41, 5.74) is 1.24. The lowest BCUT2D eigenvalue weighted by atomic mass is 10.1. The molecule has 3 rings (SSSR count). The van der Waals surface area contributed by atoms with Crippen LogP contribution in [-0.4, -0.2) is 44.8 Å². The zero-order valence-corrected chi connectivity index (χ0v) is 16.7. The Kier molecular flexibility index (Phi) is 6.16. The highest BCUT2D eigenvalue weighted by Gasteiger charge is 2.21. The second-order valence-corrected chi connectivity index (χ2v) is 8.15. The van der Waals surface area contributed by atoms with Gasteiger partial charge in [0.15, 0.2) is 17.3 Å². The highest BCUT2D eigenvalue weighted by Crippen LogP contribution is 2.31. The van der Waals surface area contributed by atoms with Crippen molar-refractivity contribution in [2.45, 2.75) is 18.7 Å². The lowest BCUT2D eigenvalue weighted by Crippen LogP contribution is -2.30. The predicted octanol–water partition coefficient (Wildman–Crippen LogP) is 3.38. The first-order chi connectivity index (χ1) is 13.5. The van der Waals surface area contributed by atoms with E-state index in [1.54, 1.807) is 19.9 Å². The van der Waals surface area contributed by atoms with Crippen LogP contribution in [0.3, 0.4) is 0 Å². The summed E-state index contributed by atoms with van der Waals surface area (Å²) in [6.45, 7) is 5.42. The number of benzene rings is 2. The molecule has 0 unspecified atom stereocenters. The molecule has 28 heavy (non-hydrogen) atoms. The highest BCUT2D eigenvalue weighted by atomic mass is 32.2. The average molecular weight is 401 g/mol. The monoisotopic (exact) mass is 401 g/mol. The van der Waals surface area contributed by atoms with E-state index in [2.05, 4.69) is 0 Å². The van der Waals surface area contributed by atoms with E-state index in [-0.39, 0.29) is 10.7 Å². The Morgan fingerprint density at radius 3 is 2.29 bits per heavy atom. The summed E-state index contributed by atoms with van der Waals surface area (Å²) in [6.07, 6.45) is 3.15. The van der Waals surface area contributed by atoms with Crippen LogP contribution < -0.4 is 9.47 Å². The van der Waals surface area contributed by atoms with E-state index in [0.717, 1.165) is 5.56 Å². The number of sulfonamides is 1. The zero-order valence-electron chi connectivity index (χ0n) is 15.9. The molecule has 1 heterocycles. The van der Waals surface area contributed by atoms with Gasteiger partial charge in [-0.1, -0.05) is 26.0 Å². The van der Waals surface area contributed by atoms with E-state index >= 15 is 0 Å². The second kappa shape index (κ2) is 8.58. The molecule has 0 aliphatic carbocycles. The summed E-state index contributed by atoms with van der Waals surface area (Å²) >= 11 is 0. The van der Waals surface area contributed by atoms with Gasteiger partial charge in [-0.05, 0) is 48.0 Å². The van der Waals surface area contributed by atoms with E-state index in [1.165, 1.54) is 34.6 Å². The van der Waals surface area contributed by atoms with Crippen LogP contribution in [0.1, 0.15) is 29.8 Å². The maximum Gasteiger partial charge on any atom is 0.243 e. The van der Waals surface area contributed by atoms with Crippen molar-refractivity contribution in [2.75, 3.05) is 26.3 Å². The van der Waals surface area contributed by atoms with Gasteiger partial charge in [0, 0.05) is 18.7 Å². The minimum atomic E-state index is -3.53. The van der Waals surface area contributed by atoms with Crippen molar-refractivity contribution in [1.82, 2.24) is 4.31 Å². The number of hydrogen-bond acceptors (Lipinski definition) is 5. The van der Waals surface area contributed by atoms with Crippen LogP contribution in [0.2, 0.25) is 0 Å². The number of nitrogens with zero attached hydrogens (tertiary/aromatic N) is 1. The summed E-state index contributed by atoms with van der Waals surface area (Å²) in [7, 11) is -3.53. The first kappa shape index (κ1) is 20.1. The number of rotatable bonds is 7. The van der Waals surface area contributed by atoms with E-state index < -0.39 is 10.0 Å². The molecule has 0 radical (unpaired) electrons. The largest absolute Gasteiger partial charge is 0.486 e. The fourth-order valence-corrected chi connectivity index (χ4v) is 4.39. The Bertz CT molecular complexity index is 976. The third-order valence-electron chi connectivity index (χ3n) is 4.48. The molecule has 0 aromatic heterocycles. The fourth-order valence-electron chi connectivity index (χ4n) is 2.94. The Morgan fingerprint density at radius 1 is 1.00 bits per heavy atom. The van der Waals surface area contributed by atoms with Crippen LogP contribution in [0.15, 0.2) is 53.4 Å². The van der Waals surface area contributed by atoms with E-state index in [0.29, 0.717) is 43.4 Å². The SMILES string of the molecule is CCN(CC)S(=O)(=O)c1ccc(C(=O)C=Cc2ccc3c(c2)OCCO3)cc1. The standard InChI is InChI=1S/C21H23NO5S/c1-3-22(4-2)28(24,25)18-9-7-17(8-10-18)19(23)11-5-16-6-12-20-21(15-16)27-14-13-26-20/h5-12,15H,3-4,13-14H2,1-2H3. The Hall–Kier alpha value is -2.64. The van der Waals surface area contributed by atoms with Gasteiger partial charge in [0.1, 0.15) is 13.2 Å². The molecule has 148 valence electrons. The Labute approximate surface area is 165 Å². The smallest absolute Gasteiger partial charge is 0.243 e. The van der Waals surface area contributed by atoms with Gasteiger partial charge in [-0.25, -0.2) is 8.42 Å². The van der Waals surface area contributed by atoms with E-state index in [1.807, 2.05) is 18.2 Å². The van der Waals surface area contributed by atoms with Crippen molar-refractivity contribution in [2.24, 2.45) is 0 Å². The van der Waals surface area contributed by atoms with Gasteiger partial charge in [0.05, 0.1) is 4.90 Å². The lowest BCUT2D eigenvalue weighted by molar-refractivity contribution is 0.104. The maximum absolute atomic E-state index is 12.5. The third kappa shape index (κ3) is 4.26. The first-order valence-electron chi connectivity index (χ1n) is 9.18. The second-order valence-electron chi connectivity index (χ2n) is 6.21. The molecule has 6 nitrogen and oxygen atoms in total. The summed E-state index contributed by atoms with van der Waals surface area (Å²) in [4.78, 5) is 12.6. The normalized spacial score (nSPS) is 13.8. The molecule has 0 N–H and O–H groups in total. The van der Waals surface area contributed by atoms with Gasteiger partial charge in [0.25, 0.3) is 0 Å². The first-order valence-corrected chi connectivity index (χ1v) is 10.6. The quantitative estimate of drug-likeness (QED) is 0.525. The number of ketones is 1. The third-order valence-corrected chi connectivity index (χ3v) is 6.54. The number of hydrogen-bond donors (Lipinski definition) is 0. The number of fused-ring (bicyclic) bond motifs is 1. The predicted molar refractivity (Wildman–Crippen MR) is 107 cm³/mol. The molecule has 2 aromatic rings. The molecular formula is C21H23NO5S. The summed E-state index contributed by atoms with van der Waals surface area (Å²) in [6, 6.07) is 11.5. The topological polar surface area (TPSA) is 72.9 Å². The molecule has 0 atom stereocenters. The molecule has 0 saturated carbocycles. The van der Waals surface area contributed by atoms with Crippen molar-refractivity contribution in [3.63, 3.8) is 0 Å². The van der Waals surface area contributed by atoms with Crippen molar-refractivity contribution in [3.05, 3.63) is 59.7 Å². The molecule has 0 fully saturated rings. The molecule has 2 aromatic carbocycles. The molecule has 0 saturated heterocycles. The average Bonchev–Trinajstić information content (AvgIpc) is 2.72. The molecular weight excluding hydrogens is 378 g/mol. The molecule has 1 aliphatic rings. The van der Waals surface area contributed by atoms with Crippen LogP contribution in [0, 0.1) is 0 Å². The zero-order chi connectivity index (χ0) is 20.1. The van der Waals surface area contributed by atoms with Crippen LogP contribution in [-0.2, 0) is 10.0 Å². The van der Waals surface area contributed by atoms with Gasteiger partial charge in [-0.2, -0.15) is 4.31 Å². The number of carbonyl (C=O) groups excluding carboxylic acids is 1. The lowest BCUT2D eigenvalue weighted by Gasteiger charge is -2.18. The number of allylic oxidation sites excluding steroid dienone is 1. The Morgan fingerprint density at radius 2 is 1.64 bits per heavy atom. The summed E-state index contributed by atoms with van der Waals surface area (Å²) in [5.74, 6) is 1.15. The minimum absolute atomic E-state index is 0.184. The summed E-state index contributed by atoms with van der Waals surface area (Å²) < 4.78 is 37.4. The maximum atomic E-state index is 12.5. The number of ether oxygens (including phenoxy) is 2. The minimum Gasteiger partial charge on any atom is -0.486 e. The van der Waals surface area contributed by atoms with E-state index in [4.69, 9.17) is 9.47 Å². The Balaban J connectivity index is 1.74. The van der Waals surface area contributed by atoms with Gasteiger partial charge >= 0.3 is 0 Å². The van der Waals surface area contributed by atoms with Gasteiger partial charge in [-0.15, -0.1) is 0 Å². The van der Waals surface area contributed by atoms with Gasteiger partial charge in [-0.3, -0.25) is 4.79 Å². The van der Waals surface area contributed by atoms with Gasteiger partial charge in [0.2, 0.25) is 10.0 Å². The van der Waals surface area contributed by atoms with E-state index in [9.17, 15) is 13.2 Å². The molecule has 0 spiro atoms. The molecule has 0 amide bonds.